The largest absolute Gasteiger partial charge is 0.407 e. The maximum atomic E-state index is 5.80. The molecule has 0 rings (SSSR count). The zero-order valence-corrected chi connectivity index (χ0v) is 14.2. The van der Waals surface area contributed by atoms with Crippen LogP contribution in [0.3, 0.4) is 0 Å². The van der Waals surface area contributed by atoms with Gasteiger partial charge in [0.1, 0.15) is 0 Å². The van der Waals surface area contributed by atoms with Crippen LogP contribution in [0.15, 0.2) is 0 Å². The Kier molecular flexibility index (Phi) is 11.6. The minimum absolute atomic E-state index is 0.783. The van der Waals surface area contributed by atoms with Crippen molar-refractivity contribution in [3.05, 3.63) is 0 Å². The van der Waals surface area contributed by atoms with Crippen molar-refractivity contribution >= 4 is 27.9 Å². The Hall–Kier alpha value is 0.867. The lowest BCUT2D eigenvalue weighted by Crippen LogP contribution is -2.35. The molecule has 0 aliphatic rings. The van der Waals surface area contributed by atoms with Crippen molar-refractivity contribution in [2.75, 3.05) is 13.2 Å². The second kappa shape index (κ2) is 11.0. The molecular weight excluding hydrogens is 331 g/mol. The van der Waals surface area contributed by atoms with Gasteiger partial charge >= 0.3 is 6.06 Å². The van der Waals surface area contributed by atoms with E-state index in [-0.39, 0.29) is 0 Å². The standard InChI is InChI=1S/C12H27IO2Si/c1-4-7-8-9-10-11-12-16(13,14-5-2)15-6-3/h4-12H2,1-3H3. The van der Waals surface area contributed by atoms with E-state index in [1.165, 1.54) is 38.5 Å². The third-order valence-corrected chi connectivity index (χ3v) is 8.43. The van der Waals surface area contributed by atoms with Crippen LogP contribution in [0.4, 0.5) is 0 Å². The molecule has 0 aromatic rings. The fourth-order valence-electron chi connectivity index (χ4n) is 1.73. The summed E-state index contributed by atoms with van der Waals surface area (Å²) >= 11 is 2.44. The molecule has 0 heterocycles. The Bertz CT molecular complexity index is 150. The minimum Gasteiger partial charge on any atom is -0.387 e. The number of rotatable bonds is 11. The molecule has 0 N–H and O–H groups in total. The highest BCUT2D eigenvalue weighted by atomic mass is 127. The van der Waals surface area contributed by atoms with Gasteiger partial charge in [0, 0.05) is 19.3 Å². The molecule has 0 amide bonds. The van der Waals surface area contributed by atoms with Gasteiger partial charge in [0.05, 0.1) is 0 Å². The van der Waals surface area contributed by atoms with Crippen molar-refractivity contribution in [2.24, 2.45) is 0 Å². The molecule has 0 atom stereocenters. The van der Waals surface area contributed by atoms with Gasteiger partial charge in [-0.1, -0.05) is 45.4 Å². The average molecular weight is 358 g/mol. The molecule has 0 aliphatic heterocycles. The van der Waals surface area contributed by atoms with Crippen LogP contribution in [0.1, 0.15) is 59.3 Å². The average Bonchev–Trinajstić information content (AvgIpc) is 2.24. The molecule has 0 fully saturated rings. The van der Waals surface area contributed by atoms with Crippen molar-refractivity contribution in [3.63, 3.8) is 0 Å². The highest BCUT2D eigenvalue weighted by Gasteiger charge is 2.32. The van der Waals surface area contributed by atoms with Crippen LogP contribution < -0.4 is 0 Å². The van der Waals surface area contributed by atoms with E-state index in [4.69, 9.17) is 8.85 Å². The molecule has 0 bridgehead atoms. The van der Waals surface area contributed by atoms with Gasteiger partial charge < -0.3 is 8.85 Å². The van der Waals surface area contributed by atoms with E-state index >= 15 is 0 Å². The van der Waals surface area contributed by atoms with Gasteiger partial charge in [0.25, 0.3) is 0 Å². The summed E-state index contributed by atoms with van der Waals surface area (Å²) in [5.74, 6) is 0. The van der Waals surface area contributed by atoms with Gasteiger partial charge in [-0.25, -0.2) is 0 Å². The van der Waals surface area contributed by atoms with Gasteiger partial charge in [-0.3, -0.25) is 0 Å². The number of halogens is 1. The molecular formula is C12H27IO2Si. The van der Waals surface area contributed by atoms with Crippen molar-refractivity contribution in [2.45, 2.75) is 65.3 Å². The zero-order valence-electron chi connectivity index (χ0n) is 11.1. The first-order valence-corrected chi connectivity index (χ1v) is 11.8. The smallest absolute Gasteiger partial charge is 0.387 e. The monoisotopic (exact) mass is 358 g/mol. The molecule has 4 heteroatoms. The summed E-state index contributed by atoms with van der Waals surface area (Å²) in [6.07, 6.45) is 8.05. The molecule has 0 spiro atoms. The first-order chi connectivity index (χ1) is 7.68. The zero-order chi connectivity index (χ0) is 12.3. The maximum absolute atomic E-state index is 5.80. The normalized spacial score (nSPS) is 12.0. The van der Waals surface area contributed by atoms with Gasteiger partial charge in [-0.05, 0) is 35.6 Å². The SMILES string of the molecule is CCCCCCCC[Si](I)(OCC)OCC. The Morgan fingerprint density at radius 3 is 1.81 bits per heavy atom. The molecule has 0 unspecified atom stereocenters. The maximum Gasteiger partial charge on any atom is 0.407 e. The van der Waals surface area contributed by atoms with E-state index in [1.807, 2.05) is 0 Å². The summed E-state index contributed by atoms with van der Waals surface area (Å²) in [6, 6.07) is -0.708. The summed E-state index contributed by atoms with van der Waals surface area (Å²) in [4.78, 5) is 0. The van der Waals surface area contributed by atoms with E-state index in [1.54, 1.807) is 0 Å². The molecule has 16 heavy (non-hydrogen) atoms. The van der Waals surface area contributed by atoms with Gasteiger partial charge in [0.2, 0.25) is 0 Å². The Morgan fingerprint density at radius 1 is 0.812 bits per heavy atom. The summed E-state index contributed by atoms with van der Waals surface area (Å²) in [5, 5.41) is 0. The molecule has 0 aromatic heterocycles. The predicted octanol–water partition coefficient (Wildman–Crippen LogP) is 4.79. The first kappa shape index (κ1) is 16.9. The third kappa shape index (κ3) is 8.96. The van der Waals surface area contributed by atoms with Crippen LogP contribution in [0.2, 0.25) is 6.04 Å². The third-order valence-electron chi connectivity index (χ3n) is 2.55. The van der Waals surface area contributed by atoms with Crippen LogP contribution in [-0.4, -0.2) is 19.3 Å². The lowest BCUT2D eigenvalue weighted by Gasteiger charge is -2.23. The Morgan fingerprint density at radius 2 is 1.31 bits per heavy atom. The Labute approximate surface area is 115 Å². The molecule has 0 aromatic carbocycles. The lowest BCUT2D eigenvalue weighted by atomic mass is 10.1. The highest BCUT2D eigenvalue weighted by Crippen LogP contribution is 2.25. The molecule has 2 nitrogen and oxygen atoms in total. The van der Waals surface area contributed by atoms with E-state index in [0.29, 0.717) is 0 Å². The van der Waals surface area contributed by atoms with Crippen molar-refractivity contribution in [1.29, 1.82) is 0 Å². The molecule has 0 radical (unpaired) electrons. The topological polar surface area (TPSA) is 18.5 Å². The fraction of sp³-hybridized carbons (Fsp3) is 1.00. The number of unbranched alkanes of at least 4 members (excludes halogenated alkanes) is 5. The summed E-state index contributed by atoms with van der Waals surface area (Å²) in [7, 11) is 0. The van der Waals surface area contributed by atoms with Crippen LogP contribution in [0, 0.1) is 0 Å². The Balaban J connectivity index is 3.59. The van der Waals surface area contributed by atoms with Crippen molar-refractivity contribution in [3.8, 4) is 0 Å². The summed E-state index contributed by atoms with van der Waals surface area (Å²) in [6.45, 7) is 7.93. The second-order valence-corrected chi connectivity index (χ2v) is 11.4. The summed E-state index contributed by atoms with van der Waals surface area (Å²) in [5.41, 5.74) is 0. The quantitative estimate of drug-likeness (QED) is 0.229. The lowest BCUT2D eigenvalue weighted by molar-refractivity contribution is 0.208. The van der Waals surface area contributed by atoms with Crippen LogP contribution >= 0.6 is 21.8 Å². The minimum atomic E-state index is -1.85. The predicted molar refractivity (Wildman–Crippen MR) is 81.2 cm³/mol. The van der Waals surface area contributed by atoms with Crippen LogP contribution in [0.5, 0.6) is 0 Å². The first-order valence-electron chi connectivity index (χ1n) is 6.65. The molecule has 0 saturated carbocycles. The van der Waals surface area contributed by atoms with Gasteiger partial charge in [0.15, 0.2) is 0 Å². The van der Waals surface area contributed by atoms with E-state index in [0.717, 1.165) is 19.3 Å². The molecule has 0 aliphatic carbocycles. The van der Waals surface area contributed by atoms with Crippen LogP contribution in [-0.2, 0) is 8.85 Å². The molecule has 0 saturated heterocycles. The molecule has 98 valence electrons. The highest BCUT2D eigenvalue weighted by molar-refractivity contribution is 14.1. The van der Waals surface area contributed by atoms with E-state index < -0.39 is 6.06 Å². The van der Waals surface area contributed by atoms with E-state index in [9.17, 15) is 0 Å². The van der Waals surface area contributed by atoms with E-state index in [2.05, 4.69) is 42.6 Å². The van der Waals surface area contributed by atoms with Crippen molar-refractivity contribution in [1.82, 2.24) is 0 Å². The van der Waals surface area contributed by atoms with Crippen molar-refractivity contribution < 1.29 is 8.85 Å². The number of hydrogen-bond donors (Lipinski definition) is 0. The second-order valence-electron chi connectivity index (χ2n) is 4.04. The fourth-order valence-corrected chi connectivity index (χ4v) is 6.65. The van der Waals surface area contributed by atoms with Gasteiger partial charge in [-0.15, -0.1) is 0 Å². The number of hydrogen-bond acceptors (Lipinski definition) is 2. The van der Waals surface area contributed by atoms with Gasteiger partial charge in [-0.2, -0.15) is 0 Å². The van der Waals surface area contributed by atoms with Crippen LogP contribution in [0.25, 0.3) is 0 Å². The summed E-state index contributed by atoms with van der Waals surface area (Å²) < 4.78 is 11.6.